The number of aliphatic hydroxyl groups is 1. The van der Waals surface area contributed by atoms with Crippen LogP contribution in [-0.2, 0) is 16.1 Å². The van der Waals surface area contributed by atoms with Gasteiger partial charge in [0.05, 0.1) is 0 Å². The zero-order chi connectivity index (χ0) is 17.4. The Morgan fingerprint density at radius 1 is 1.26 bits per heavy atom. The van der Waals surface area contributed by atoms with Crippen molar-refractivity contribution in [2.75, 3.05) is 20.2 Å². The van der Waals surface area contributed by atoms with Gasteiger partial charge in [-0.3, -0.25) is 9.69 Å². The summed E-state index contributed by atoms with van der Waals surface area (Å²) < 4.78 is 4.92. The Labute approximate surface area is 134 Å². The molecule has 0 fully saturated rings. The van der Waals surface area contributed by atoms with Crippen molar-refractivity contribution in [2.45, 2.75) is 20.4 Å². The molecular formula is C16H20N3O4+. The van der Waals surface area contributed by atoms with Gasteiger partial charge in [-0.1, -0.05) is 24.3 Å². The summed E-state index contributed by atoms with van der Waals surface area (Å²) in [6, 6.07) is 7.30. The van der Waals surface area contributed by atoms with Crippen LogP contribution in [0.4, 0.5) is 0 Å². The van der Waals surface area contributed by atoms with Crippen molar-refractivity contribution in [1.29, 1.82) is 5.39 Å². The lowest BCUT2D eigenvalue weighted by atomic mass is 10.1. The number of hydrogen-bond donors (Lipinski definition) is 1. The van der Waals surface area contributed by atoms with Gasteiger partial charge in [-0.2, -0.15) is 0 Å². The summed E-state index contributed by atoms with van der Waals surface area (Å²) in [5.74, 6) is -1.27. The van der Waals surface area contributed by atoms with Gasteiger partial charge in [-0.25, -0.2) is 4.79 Å². The molecule has 0 atom stereocenters. The van der Waals surface area contributed by atoms with Crippen LogP contribution >= 0.6 is 0 Å². The van der Waals surface area contributed by atoms with Crippen LogP contribution in [0.5, 0.6) is 0 Å². The highest BCUT2D eigenvalue weighted by molar-refractivity contribution is 5.94. The highest BCUT2D eigenvalue weighted by Crippen LogP contribution is 2.08. The summed E-state index contributed by atoms with van der Waals surface area (Å²) >= 11 is 0. The third kappa shape index (κ3) is 5.88. The van der Waals surface area contributed by atoms with Crippen LogP contribution in [0.25, 0.3) is 4.98 Å². The Morgan fingerprint density at radius 3 is 2.35 bits per heavy atom. The van der Waals surface area contributed by atoms with Gasteiger partial charge in [0, 0.05) is 25.6 Å². The lowest BCUT2D eigenvalue weighted by molar-refractivity contribution is -0.139. The number of aliphatic hydroxyl groups excluding tert-OH is 1. The fraction of sp³-hybridized carbons (Fsp3) is 0.375. The quantitative estimate of drug-likeness (QED) is 0.273. The molecule has 1 aromatic carbocycles. The molecule has 0 unspecified atom stereocenters. The van der Waals surface area contributed by atoms with Gasteiger partial charge < -0.3 is 9.84 Å². The third-order valence-electron chi connectivity index (χ3n) is 3.16. The monoisotopic (exact) mass is 318 g/mol. The van der Waals surface area contributed by atoms with Crippen LogP contribution in [-0.4, -0.2) is 42.0 Å². The molecule has 0 bridgehead atoms. The number of diazo groups is 1. The first-order chi connectivity index (χ1) is 10.8. The fourth-order valence-corrected chi connectivity index (χ4v) is 1.86. The van der Waals surface area contributed by atoms with Crippen molar-refractivity contribution in [3.63, 3.8) is 0 Å². The molecular weight excluding hydrogens is 298 g/mol. The number of allylic oxidation sites excluding steroid dienone is 1. The van der Waals surface area contributed by atoms with Crippen molar-refractivity contribution >= 4 is 11.8 Å². The van der Waals surface area contributed by atoms with E-state index < -0.39 is 17.4 Å². The number of likely N-dealkylation sites (N-methyl/N-ethyl adjacent to an activating group) is 1. The summed E-state index contributed by atoms with van der Waals surface area (Å²) in [4.78, 5) is 27.3. The van der Waals surface area contributed by atoms with Gasteiger partial charge in [0.25, 0.3) is 0 Å². The summed E-state index contributed by atoms with van der Waals surface area (Å²) in [5.41, 5.74) is 1.19. The van der Waals surface area contributed by atoms with E-state index in [9.17, 15) is 9.59 Å². The molecule has 0 saturated heterocycles. The van der Waals surface area contributed by atoms with Gasteiger partial charge in [0.2, 0.25) is 5.39 Å². The predicted molar refractivity (Wildman–Crippen MR) is 84.2 cm³/mol. The number of carbonyl (C=O) groups is 2. The second-order valence-electron chi connectivity index (χ2n) is 5.16. The van der Waals surface area contributed by atoms with Crippen molar-refractivity contribution in [3.05, 3.63) is 51.8 Å². The van der Waals surface area contributed by atoms with E-state index in [1.807, 2.05) is 24.1 Å². The normalized spacial score (nSPS) is 11.6. The van der Waals surface area contributed by atoms with E-state index in [0.717, 1.165) is 5.56 Å². The Kier molecular flexibility index (Phi) is 6.90. The Hall–Kier alpha value is -2.72. The molecule has 1 N–H and O–H groups in total. The molecule has 122 valence electrons. The van der Waals surface area contributed by atoms with Gasteiger partial charge in [0.15, 0.2) is 16.5 Å². The fourth-order valence-electron chi connectivity index (χ4n) is 1.86. The lowest BCUT2D eigenvalue weighted by Crippen LogP contribution is -2.24. The molecule has 0 aliphatic carbocycles. The van der Waals surface area contributed by atoms with Crippen LogP contribution in [0.3, 0.4) is 0 Å². The summed E-state index contributed by atoms with van der Waals surface area (Å²) in [6.07, 6.45) is 0. The summed E-state index contributed by atoms with van der Waals surface area (Å²) in [5, 5.41) is 17.7. The van der Waals surface area contributed by atoms with E-state index in [1.54, 1.807) is 12.1 Å². The highest BCUT2D eigenvalue weighted by atomic mass is 16.5. The average molecular weight is 318 g/mol. The molecule has 0 aromatic heterocycles. The van der Waals surface area contributed by atoms with Crippen LogP contribution in [0.15, 0.2) is 35.7 Å². The van der Waals surface area contributed by atoms with Crippen molar-refractivity contribution in [1.82, 2.24) is 4.90 Å². The zero-order valence-electron chi connectivity index (χ0n) is 13.4. The Morgan fingerprint density at radius 2 is 1.87 bits per heavy atom. The van der Waals surface area contributed by atoms with E-state index >= 15 is 0 Å². The maximum absolute atomic E-state index is 11.5. The molecule has 0 spiro atoms. The molecule has 0 aliphatic heterocycles. The van der Waals surface area contributed by atoms with Crippen LogP contribution < -0.4 is 0 Å². The van der Waals surface area contributed by atoms with Crippen LogP contribution in [0.2, 0.25) is 0 Å². The average Bonchev–Trinajstić information content (AvgIpc) is 2.48. The van der Waals surface area contributed by atoms with Gasteiger partial charge in [-0.05, 0) is 19.5 Å². The molecule has 0 amide bonds. The van der Waals surface area contributed by atoms with Crippen LogP contribution in [0, 0.1) is 5.39 Å². The van der Waals surface area contributed by atoms with Gasteiger partial charge in [-0.15, -0.1) is 0 Å². The SMILES string of the molecule is CC(=O)c1ccc(CN(C)CCOC(=O)/C([N+]#N)=C(/C)O)cc1. The number of Topliss-reactive ketones (excluding diaryl/α,β-unsaturated/α-hetero) is 1. The minimum absolute atomic E-state index is 0.0224. The molecule has 1 aromatic rings. The number of ether oxygens (including phenoxy) is 1. The number of ketones is 1. The molecule has 23 heavy (non-hydrogen) atoms. The van der Waals surface area contributed by atoms with E-state index in [1.165, 1.54) is 13.8 Å². The van der Waals surface area contributed by atoms with Crippen LogP contribution in [0.1, 0.15) is 29.8 Å². The second-order valence-corrected chi connectivity index (χ2v) is 5.16. The summed E-state index contributed by atoms with van der Waals surface area (Å²) in [6.45, 7) is 3.93. The molecule has 7 nitrogen and oxygen atoms in total. The van der Waals surface area contributed by atoms with Gasteiger partial charge >= 0.3 is 11.7 Å². The van der Waals surface area contributed by atoms with E-state index in [4.69, 9.17) is 15.2 Å². The number of nitrogens with zero attached hydrogens (tertiary/aromatic N) is 3. The molecule has 1 rings (SSSR count). The number of hydrogen-bond acceptors (Lipinski definition) is 6. The molecule has 0 aliphatic rings. The highest BCUT2D eigenvalue weighted by Gasteiger charge is 2.28. The molecule has 0 heterocycles. The van der Waals surface area contributed by atoms with Crippen molar-refractivity contribution < 1.29 is 19.4 Å². The first-order valence-corrected chi connectivity index (χ1v) is 7.05. The number of benzene rings is 1. The van der Waals surface area contributed by atoms with E-state index in [-0.39, 0.29) is 12.4 Å². The number of rotatable bonds is 7. The third-order valence-corrected chi connectivity index (χ3v) is 3.16. The predicted octanol–water partition coefficient (Wildman–Crippen LogP) is 2.51. The molecule has 7 heteroatoms. The number of carbonyl (C=O) groups excluding carboxylic acids is 2. The zero-order valence-corrected chi connectivity index (χ0v) is 13.4. The standard InChI is InChI=1S/C16H19N3O4/c1-11(20)14-6-4-13(5-7-14)10-19(3)8-9-23-16(22)15(18-17)12(2)21/h4-7H,8-10H2,1-3H3/p+1. The van der Waals surface area contributed by atoms with E-state index in [0.29, 0.717) is 18.7 Å². The topological polar surface area (TPSA) is 95.0 Å². The minimum atomic E-state index is -0.883. The maximum atomic E-state index is 11.5. The smallest absolute Gasteiger partial charge is 0.504 e. The first-order valence-electron chi connectivity index (χ1n) is 7.05. The molecule has 0 saturated carbocycles. The largest absolute Gasteiger partial charge is 0.505 e. The second kappa shape index (κ2) is 8.66. The van der Waals surface area contributed by atoms with Crippen molar-refractivity contribution in [3.8, 4) is 0 Å². The maximum Gasteiger partial charge on any atom is 0.504 e. The molecule has 0 radical (unpaired) electrons. The van der Waals surface area contributed by atoms with E-state index in [2.05, 4.69) is 4.98 Å². The number of esters is 1. The first kappa shape index (κ1) is 18.3. The minimum Gasteiger partial charge on any atom is -0.505 e. The Balaban J connectivity index is 2.44. The van der Waals surface area contributed by atoms with Crippen molar-refractivity contribution in [2.24, 2.45) is 0 Å². The van der Waals surface area contributed by atoms with Gasteiger partial charge in [0.1, 0.15) is 6.61 Å². The Bertz CT molecular complexity index is 640. The lowest BCUT2D eigenvalue weighted by Gasteiger charge is -2.16. The summed E-state index contributed by atoms with van der Waals surface area (Å²) in [7, 11) is 1.86.